The lowest BCUT2D eigenvalue weighted by Crippen LogP contribution is -2.40. The normalized spacial score (nSPS) is 17.7. The van der Waals surface area contributed by atoms with E-state index < -0.39 is 18.1 Å². The van der Waals surface area contributed by atoms with Gasteiger partial charge in [-0.2, -0.15) is 5.26 Å². The third-order valence-corrected chi connectivity index (χ3v) is 4.69. The van der Waals surface area contributed by atoms with Gasteiger partial charge in [0.05, 0.1) is 6.54 Å². The number of hydrogen-bond acceptors (Lipinski definition) is 6. The zero-order valence-electron chi connectivity index (χ0n) is 15.2. The molecular formula is C20H16FN7O. The SMILES string of the molecule is N#Cc1cccc(C(=O)Nc2cccc(C3(CF)Cn4ccnc4C(N)=N3)c2)n1. The van der Waals surface area contributed by atoms with Gasteiger partial charge in [0.15, 0.2) is 11.7 Å². The quantitative estimate of drug-likeness (QED) is 0.707. The number of fused-ring (bicyclic) bond motifs is 1. The summed E-state index contributed by atoms with van der Waals surface area (Å²) in [5, 5.41) is 11.7. The molecule has 0 spiro atoms. The Kier molecular flexibility index (Phi) is 4.52. The van der Waals surface area contributed by atoms with E-state index >= 15 is 0 Å². The van der Waals surface area contributed by atoms with Crippen LogP contribution < -0.4 is 11.1 Å². The molecule has 1 aromatic carbocycles. The summed E-state index contributed by atoms with van der Waals surface area (Å²) >= 11 is 0. The smallest absolute Gasteiger partial charge is 0.274 e. The first kappa shape index (κ1) is 18.3. The van der Waals surface area contributed by atoms with Gasteiger partial charge in [-0.3, -0.25) is 4.79 Å². The molecule has 1 amide bonds. The number of aliphatic imine (C=N–C) groups is 1. The average molecular weight is 389 g/mol. The minimum Gasteiger partial charge on any atom is -0.381 e. The van der Waals surface area contributed by atoms with Crippen molar-refractivity contribution in [3.05, 3.63) is 77.6 Å². The largest absolute Gasteiger partial charge is 0.381 e. The van der Waals surface area contributed by atoms with E-state index in [0.717, 1.165) is 0 Å². The van der Waals surface area contributed by atoms with Gasteiger partial charge in [0.25, 0.3) is 5.91 Å². The van der Waals surface area contributed by atoms with Crippen molar-refractivity contribution in [1.82, 2.24) is 14.5 Å². The lowest BCUT2D eigenvalue weighted by molar-refractivity contribution is 0.102. The number of alkyl halides is 1. The van der Waals surface area contributed by atoms with Crippen LogP contribution in [0.1, 0.15) is 27.6 Å². The van der Waals surface area contributed by atoms with Gasteiger partial charge in [0.2, 0.25) is 0 Å². The number of rotatable bonds is 4. The first-order valence-electron chi connectivity index (χ1n) is 8.76. The highest BCUT2D eigenvalue weighted by Gasteiger charge is 2.37. The van der Waals surface area contributed by atoms with Crippen LogP contribution in [0.4, 0.5) is 10.1 Å². The minimum atomic E-state index is -1.21. The average Bonchev–Trinajstić information content (AvgIpc) is 3.23. The first-order valence-corrected chi connectivity index (χ1v) is 8.76. The highest BCUT2D eigenvalue weighted by atomic mass is 19.1. The van der Waals surface area contributed by atoms with Crippen LogP contribution in [0.3, 0.4) is 0 Å². The number of amides is 1. The number of hydrogen-bond donors (Lipinski definition) is 2. The molecule has 1 unspecified atom stereocenters. The first-order chi connectivity index (χ1) is 14.0. The van der Waals surface area contributed by atoms with E-state index in [-0.39, 0.29) is 23.8 Å². The van der Waals surface area contributed by atoms with Crippen LogP contribution in [0.5, 0.6) is 0 Å². The predicted octanol–water partition coefficient (Wildman–Crippen LogP) is 1.99. The molecule has 0 radical (unpaired) electrons. The molecule has 8 nitrogen and oxygen atoms in total. The van der Waals surface area contributed by atoms with Crippen molar-refractivity contribution < 1.29 is 9.18 Å². The second-order valence-electron chi connectivity index (χ2n) is 6.60. The number of halogens is 1. The van der Waals surface area contributed by atoms with Gasteiger partial charge in [0, 0.05) is 18.1 Å². The molecule has 0 saturated carbocycles. The Labute approximate surface area is 165 Å². The summed E-state index contributed by atoms with van der Waals surface area (Å²) in [6.07, 6.45) is 3.31. The number of anilines is 1. The third-order valence-electron chi connectivity index (χ3n) is 4.69. The number of pyridine rings is 1. The van der Waals surface area contributed by atoms with E-state index in [4.69, 9.17) is 11.0 Å². The van der Waals surface area contributed by atoms with Crippen LogP contribution in [-0.4, -0.2) is 33.0 Å². The van der Waals surface area contributed by atoms with Crippen LogP contribution in [0.15, 0.2) is 59.9 Å². The number of carbonyl (C=O) groups is 1. The molecule has 0 bridgehead atoms. The van der Waals surface area contributed by atoms with Gasteiger partial charge in [-0.15, -0.1) is 0 Å². The monoisotopic (exact) mass is 389 g/mol. The molecule has 2 aromatic heterocycles. The number of imidazole rings is 1. The predicted molar refractivity (Wildman–Crippen MR) is 104 cm³/mol. The van der Waals surface area contributed by atoms with Gasteiger partial charge in [-0.25, -0.2) is 19.4 Å². The zero-order valence-corrected chi connectivity index (χ0v) is 15.2. The molecule has 3 heterocycles. The van der Waals surface area contributed by atoms with Crippen molar-refractivity contribution in [1.29, 1.82) is 5.26 Å². The zero-order chi connectivity index (χ0) is 20.4. The molecule has 29 heavy (non-hydrogen) atoms. The number of amidine groups is 1. The van der Waals surface area contributed by atoms with Crippen molar-refractivity contribution in [3.8, 4) is 6.07 Å². The second kappa shape index (κ2) is 7.16. The number of nitrogens with zero attached hydrogens (tertiary/aromatic N) is 5. The Bertz CT molecular complexity index is 1160. The summed E-state index contributed by atoms with van der Waals surface area (Å²) in [7, 11) is 0. The van der Waals surface area contributed by atoms with Crippen LogP contribution >= 0.6 is 0 Å². The van der Waals surface area contributed by atoms with E-state index in [1.807, 2.05) is 6.07 Å². The molecule has 9 heteroatoms. The standard InChI is InChI=1S/C20H16FN7O/c21-11-20(12-28-8-7-24-18(28)17(23)27-20)13-3-1-4-14(9-13)26-19(29)16-6-2-5-15(10-22)25-16/h1-9H,11-12H2,(H2,23,27)(H,26,29). The van der Waals surface area contributed by atoms with Crippen LogP contribution in [0.2, 0.25) is 0 Å². The molecule has 0 saturated heterocycles. The van der Waals surface area contributed by atoms with E-state index in [0.29, 0.717) is 17.1 Å². The summed E-state index contributed by atoms with van der Waals surface area (Å²) in [5.74, 6) is 0.185. The number of nitriles is 1. The Morgan fingerprint density at radius 1 is 1.34 bits per heavy atom. The number of aromatic nitrogens is 3. The fourth-order valence-corrected chi connectivity index (χ4v) is 3.28. The molecule has 1 atom stereocenters. The molecule has 0 aliphatic carbocycles. The summed E-state index contributed by atoms with van der Waals surface area (Å²) in [5.41, 5.74) is 6.06. The highest BCUT2D eigenvalue weighted by Crippen LogP contribution is 2.33. The molecule has 1 aliphatic heterocycles. The number of benzene rings is 1. The molecule has 0 fully saturated rings. The van der Waals surface area contributed by atoms with Crippen molar-refractivity contribution in [2.75, 3.05) is 12.0 Å². The minimum absolute atomic E-state index is 0.109. The molecule has 4 rings (SSSR count). The van der Waals surface area contributed by atoms with E-state index in [2.05, 4.69) is 20.3 Å². The molecule has 1 aliphatic rings. The van der Waals surface area contributed by atoms with Crippen molar-refractivity contribution in [2.24, 2.45) is 10.7 Å². The van der Waals surface area contributed by atoms with Crippen molar-refractivity contribution in [3.63, 3.8) is 0 Å². The fraction of sp³-hybridized carbons (Fsp3) is 0.150. The van der Waals surface area contributed by atoms with Crippen molar-refractivity contribution in [2.45, 2.75) is 12.1 Å². The summed E-state index contributed by atoms with van der Waals surface area (Å²) in [4.78, 5) is 25.0. The third kappa shape index (κ3) is 3.32. The summed E-state index contributed by atoms with van der Waals surface area (Å²) < 4.78 is 16.0. The lowest BCUT2D eigenvalue weighted by Gasteiger charge is -2.32. The Hall–Kier alpha value is -4.06. The Morgan fingerprint density at radius 3 is 2.97 bits per heavy atom. The number of nitrogens with one attached hydrogen (secondary N) is 1. The highest BCUT2D eigenvalue weighted by molar-refractivity contribution is 6.03. The second-order valence-corrected chi connectivity index (χ2v) is 6.60. The number of nitrogens with two attached hydrogens (primary N) is 1. The van der Waals surface area contributed by atoms with Crippen LogP contribution in [0.25, 0.3) is 0 Å². The topological polar surface area (TPSA) is 122 Å². The maximum Gasteiger partial charge on any atom is 0.274 e. The van der Waals surface area contributed by atoms with Gasteiger partial charge >= 0.3 is 0 Å². The summed E-state index contributed by atoms with van der Waals surface area (Å²) in [6.45, 7) is -0.531. The molecule has 3 N–H and O–H groups in total. The maximum absolute atomic E-state index is 14.2. The maximum atomic E-state index is 14.2. The van der Waals surface area contributed by atoms with Gasteiger partial charge in [-0.05, 0) is 29.8 Å². The van der Waals surface area contributed by atoms with E-state index in [1.165, 1.54) is 12.1 Å². The van der Waals surface area contributed by atoms with E-state index in [1.54, 1.807) is 47.3 Å². The van der Waals surface area contributed by atoms with E-state index in [9.17, 15) is 9.18 Å². The summed E-state index contributed by atoms with van der Waals surface area (Å²) in [6, 6.07) is 13.3. The van der Waals surface area contributed by atoms with Crippen LogP contribution in [-0.2, 0) is 12.1 Å². The van der Waals surface area contributed by atoms with Crippen molar-refractivity contribution >= 4 is 17.4 Å². The fourth-order valence-electron chi connectivity index (χ4n) is 3.28. The molecule has 3 aromatic rings. The van der Waals surface area contributed by atoms with Gasteiger partial charge < -0.3 is 15.6 Å². The number of carbonyl (C=O) groups excluding carboxylic acids is 1. The van der Waals surface area contributed by atoms with Crippen LogP contribution in [0, 0.1) is 11.3 Å². The van der Waals surface area contributed by atoms with Gasteiger partial charge in [-0.1, -0.05) is 18.2 Å². The molecular weight excluding hydrogens is 373 g/mol. The lowest BCUT2D eigenvalue weighted by atomic mass is 9.90. The Balaban J connectivity index is 1.64. The molecule has 144 valence electrons. The van der Waals surface area contributed by atoms with Gasteiger partial charge in [0.1, 0.15) is 29.7 Å². The Morgan fingerprint density at radius 2 is 2.17 bits per heavy atom.